The molecule has 0 aliphatic heterocycles. The maximum atomic E-state index is 12.0. The number of nitrogens with one attached hydrogen (secondary N) is 1. The van der Waals surface area contributed by atoms with E-state index < -0.39 is 0 Å². The first-order valence-corrected chi connectivity index (χ1v) is 9.14. The van der Waals surface area contributed by atoms with Crippen LogP contribution in [0.15, 0.2) is 42.5 Å². The van der Waals surface area contributed by atoms with E-state index >= 15 is 0 Å². The highest BCUT2D eigenvalue weighted by atomic mass is 32.2. The average Bonchev–Trinajstić information content (AvgIpc) is 2.58. The molecule has 0 spiro atoms. The number of nitriles is 1. The van der Waals surface area contributed by atoms with E-state index in [-0.39, 0.29) is 5.91 Å². The van der Waals surface area contributed by atoms with Gasteiger partial charge >= 0.3 is 0 Å². The lowest BCUT2D eigenvalue weighted by Crippen LogP contribution is -2.27. The van der Waals surface area contributed by atoms with Crippen LogP contribution in [0.4, 0.5) is 0 Å². The lowest BCUT2D eigenvalue weighted by molar-refractivity contribution is -0.120. The second-order valence-electron chi connectivity index (χ2n) is 5.77. The van der Waals surface area contributed by atoms with Crippen LogP contribution >= 0.6 is 11.8 Å². The Morgan fingerprint density at radius 1 is 1.17 bits per heavy atom. The largest absolute Gasteiger partial charge is 0.355 e. The summed E-state index contributed by atoms with van der Waals surface area (Å²) in [5.74, 6) is 1.67. The maximum Gasteiger partial charge on any atom is 0.224 e. The first-order valence-electron chi connectivity index (χ1n) is 7.98. The van der Waals surface area contributed by atoms with Gasteiger partial charge < -0.3 is 5.32 Å². The Hall–Kier alpha value is -2.25. The van der Waals surface area contributed by atoms with E-state index in [1.54, 1.807) is 11.8 Å². The highest BCUT2D eigenvalue weighted by Gasteiger charge is 2.05. The van der Waals surface area contributed by atoms with Gasteiger partial charge in [-0.1, -0.05) is 36.4 Å². The van der Waals surface area contributed by atoms with Crippen molar-refractivity contribution < 1.29 is 4.79 Å². The Kier molecular flexibility index (Phi) is 6.89. The number of hydrogen-bond acceptors (Lipinski definition) is 3. The molecule has 0 aliphatic rings. The van der Waals surface area contributed by atoms with Gasteiger partial charge in [-0.2, -0.15) is 17.0 Å². The fraction of sp³-hybridized carbons (Fsp3) is 0.300. The number of benzene rings is 2. The van der Waals surface area contributed by atoms with Crippen molar-refractivity contribution in [3.63, 3.8) is 0 Å². The molecule has 0 radical (unpaired) electrons. The third-order valence-corrected chi connectivity index (χ3v) is 4.91. The van der Waals surface area contributed by atoms with Gasteiger partial charge in [0.05, 0.1) is 18.1 Å². The molecule has 2 aromatic carbocycles. The molecule has 0 bridgehead atoms. The Morgan fingerprint density at radius 2 is 1.96 bits per heavy atom. The molecule has 3 nitrogen and oxygen atoms in total. The summed E-state index contributed by atoms with van der Waals surface area (Å²) in [6, 6.07) is 16.0. The number of thioether (sulfide) groups is 1. The average molecular weight is 338 g/mol. The van der Waals surface area contributed by atoms with Crippen molar-refractivity contribution in [1.29, 1.82) is 5.26 Å². The Balaban J connectivity index is 1.69. The minimum Gasteiger partial charge on any atom is -0.355 e. The van der Waals surface area contributed by atoms with Gasteiger partial charge in [-0.25, -0.2) is 0 Å². The van der Waals surface area contributed by atoms with E-state index in [0.717, 1.165) is 28.2 Å². The quantitative estimate of drug-likeness (QED) is 0.782. The van der Waals surface area contributed by atoms with Crippen LogP contribution in [0.1, 0.15) is 27.8 Å². The summed E-state index contributed by atoms with van der Waals surface area (Å²) in [6.45, 7) is 4.77. The van der Waals surface area contributed by atoms with Crippen LogP contribution in [0, 0.1) is 25.2 Å². The first-order chi connectivity index (χ1) is 11.6. The van der Waals surface area contributed by atoms with E-state index in [9.17, 15) is 4.79 Å². The van der Waals surface area contributed by atoms with E-state index in [1.165, 1.54) is 11.1 Å². The second kappa shape index (κ2) is 9.14. The van der Waals surface area contributed by atoms with Crippen molar-refractivity contribution in [2.75, 3.05) is 12.3 Å². The topological polar surface area (TPSA) is 52.9 Å². The molecule has 0 unspecified atom stereocenters. The van der Waals surface area contributed by atoms with Crippen molar-refractivity contribution in [2.24, 2.45) is 0 Å². The number of rotatable bonds is 7. The van der Waals surface area contributed by atoms with Crippen LogP contribution in [-0.4, -0.2) is 18.2 Å². The van der Waals surface area contributed by atoms with Gasteiger partial charge in [0.1, 0.15) is 0 Å². The minimum atomic E-state index is 0.0521. The van der Waals surface area contributed by atoms with Crippen LogP contribution in [0.3, 0.4) is 0 Å². The molecule has 0 atom stereocenters. The molecule has 0 heterocycles. The van der Waals surface area contributed by atoms with Gasteiger partial charge in [-0.3, -0.25) is 4.79 Å². The van der Waals surface area contributed by atoms with Crippen LogP contribution in [0.2, 0.25) is 0 Å². The molecule has 0 fully saturated rings. The van der Waals surface area contributed by atoms with Crippen molar-refractivity contribution in [3.8, 4) is 6.07 Å². The Bertz CT molecular complexity index is 750. The van der Waals surface area contributed by atoms with Crippen molar-refractivity contribution in [3.05, 3.63) is 70.3 Å². The zero-order chi connectivity index (χ0) is 17.4. The standard InChI is InChI=1S/C20H22N2OS/c1-15-7-8-17(11-16(15)2)12-20(23)22-9-10-24-14-19-6-4-3-5-18(19)13-21/h3-8,11H,9-10,12,14H2,1-2H3,(H,22,23). The molecular formula is C20H22N2OS. The molecule has 24 heavy (non-hydrogen) atoms. The van der Waals surface area contributed by atoms with Gasteiger partial charge in [-0.05, 0) is 42.2 Å². The van der Waals surface area contributed by atoms with Gasteiger partial charge in [0.15, 0.2) is 0 Å². The lowest BCUT2D eigenvalue weighted by atomic mass is 10.0. The molecule has 1 amide bonds. The minimum absolute atomic E-state index is 0.0521. The molecular weight excluding hydrogens is 316 g/mol. The van der Waals surface area contributed by atoms with Crippen molar-refractivity contribution in [1.82, 2.24) is 5.32 Å². The fourth-order valence-electron chi connectivity index (χ4n) is 2.36. The summed E-state index contributed by atoms with van der Waals surface area (Å²) in [5.41, 5.74) is 5.28. The zero-order valence-corrected chi connectivity index (χ0v) is 15.0. The van der Waals surface area contributed by atoms with Gasteiger partial charge in [0, 0.05) is 18.1 Å². The Labute approximate surface area is 148 Å². The van der Waals surface area contributed by atoms with Crippen LogP contribution in [-0.2, 0) is 17.0 Å². The third kappa shape index (κ3) is 5.43. The highest BCUT2D eigenvalue weighted by Crippen LogP contribution is 2.15. The van der Waals surface area contributed by atoms with Gasteiger partial charge in [0.2, 0.25) is 5.91 Å². The lowest BCUT2D eigenvalue weighted by Gasteiger charge is -2.07. The van der Waals surface area contributed by atoms with Crippen molar-refractivity contribution in [2.45, 2.75) is 26.0 Å². The number of amides is 1. The predicted octanol–water partition coefficient (Wildman–Crippen LogP) is 3.77. The van der Waals surface area contributed by atoms with Crippen LogP contribution in [0.25, 0.3) is 0 Å². The monoisotopic (exact) mass is 338 g/mol. The smallest absolute Gasteiger partial charge is 0.224 e. The molecule has 0 aliphatic carbocycles. The SMILES string of the molecule is Cc1ccc(CC(=O)NCCSCc2ccccc2C#N)cc1C. The molecule has 4 heteroatoms. The molecule has 1 N–H and O–H groups in total. The van der Waals surface area contributed by atoms with E-state index in [0.29, 0.717) is 13.0 Å². The third-order valence-electron chi connectivity index (χ3n) is 3.90. The molecule has 2 rings (SSSR count). The summed E-state index contributed by atoms with van der Waals surface area (Å²) in [7, 11) is 0. The summed E-state index contributed by atoms with van der Waals surface area (Å²) in [4.78, 5) is 12.0. The summed E-state index contributed by atoms with van der Waals surface area (Å²) in [5, 5.41) is 12.0. The number of hydrogen-bond donors (Lipinski definition) is 1. The Morgan fingerprint density at radius 3 is 2.71 bits per heavy atom. The van der Waals surface area contributed by atoms with Gasteiger partial charge in [-0.15, -0.1) is 0 Å². The predicted molar refractivity (Wildman–Crippen MR) is 99.9 cm³/mol. The molecule has 0 saturated heterocycles. The normalized spacial score (nSPS) is 10.2. The first kappa shape index (κ1) is 18.1. The zero-order valence-electron chi connectivity index (χ0n) is 14.1. The number of nitrogens with zero attached hydrogens (tertiary/aromatic N) is 1. The fourth-order valence-corrected chi connectivity index (χ4v) is 3.22. The van der Waals surface area contributed by atoms with Gasteiger partial charge in [0.25, 0.3) is 0 Å². The number of aryl methyl sites for hydroxylation is 2. The second-order valence-corrected chi connectivity index (χ2v) is 6.87. The van der Waals surface area contributed by atoms with E-state index in [4.69, 9.17) is 5.26 Å². The van der Waals surface area contributed by atoms with E-state index in [1.807, 2.05) is 30.3 Å². The van der Waals surface area contributed by atoms with Crippen molar-refractivity contribution >= 4 is 17.7 Å². The highest BCUT2D eigenvalue weighted by molar-refractivity contribution is 7.98. The van der Waals surface area contributed by atoms with Crippen LogP contribution in [0.5, 0.6) is 0 Å². The molecule has 0 saturated carbocycles. The molecule has 124 valence electrons. The summed E-state index contributed by atoms with van der Waals surface area (Å²) < 4.78 is 0. The maximum absolute atomic E-state index is 12.0. The summed E-state index contributed by atoms with van der Waals surface area (Å²) in [6.07, 6.45) is 0.420. The molecule has 2 aromatic rings. The van der Waals surface area contributed by atoms with Crippen LogP contribution < -0.4 is 5.32 Å². The number of carbonyl (C=O) groups excluding carboxylic acids is 1. The summed E-state index contributed by atoms with van der Waals surface area (Å²) >= 11 is 1.72. The molecule has 0 aromatic heterocycles. The van der Waals surface area contributed by atoms with E-state index in [2.05, 4.69) is 37.4 Å². The number of carbonyl (C=O) groups is 1.